The zero-order valence-corrected chi connectivity index (χ0v) is 17.7. The number of ether oxygens (including phenoxy) is 3. The standard InChI is InChI=1S/C21H26N4O6/c1-29-16-7-5-4-6-13(16)19-18-14(22-12-23-18)10-11-25(19)21(28)24-15(20(27)31-3)8-9-17(26)30-2/h4-7,12,15,19H,8-11H2,1-3H3,(H,22,23)(H,24,28)/t15-,19+/m1/s1. The normalized spacial score (nSPS) is 16.1. The van der Waals surface area contributed by atoms with Gasteiger partial charge in [0.1, 0.15) is 17.8 Å². The minimum atomic E-state index is -0.990. The van der Waals surface area contributed by atoms with Gasteiger partial charge in [-0.25, -0.2) is 14.6 Å². The van der Waals surface area contributed by atoms with Gasteiger partial charge in [0, 0.05) is 30.6 Å². The van der Waals surface area contributed by atoms with Crippen LogP contribution in [0.3, 0.4) is 0 Å². The average Bonchev–Trinajstić information content (AvgIpc) is 3.29. The van der Waals surface area contributed by atoms with E-state index in [0.717, 1.165) is 17.0 Å². The Hall–Kier alpha value is -3.56. The molecule has 0 saturated heterocycles. The molecule has 3 rings (SSSR count). The number of hydrogen-bond acceptors (Lipinski definition) is 7. The maximum Gasteiger partial charge on any atom is 0.328 e. The highest BCUT2D eigenvalue weighted by Crippen LogP contribution is 2.37. The molecule has 166 valence electrons. The number of urea groups is 1. The van der Waals surface area contributed by atoms with Crippen LogP contribution in [0.2, 0.25) is 0 Å². The number of carbonyl (C=O) groups is 3. The Kier molecular flexibility index (Phi) is 7.11. The number of para-hydroxylation sites is 1. The zero-order chi connectivity index (χ0) is 22.4. The molecule has 2 aromatic rings. The van der Waals surface area contributed by atoms with Crippen molar-refractivity contribution in [2.45, 2.75) is 31.3 Å². The van der Waals surface area contributed by atoms with E-state index in [2.05, 4.69) is 20.0 Å². The fourth-order valence-electron chi connectivity index (χ4n) is 3.69. The Morgan fingerprint density at radius 3 is 2.71 bits per heavy atom. The monoisotopic (exact) mass is 430 g/mol. The molecule has 0 aliphatic carbocycles. The van der Waals surface area contributed by atoms with E-state index in [1.54, 1.807) is 18.3 Å². The third-order valence-electron chi connectivity index (χ3n) is 5.27. The lowest BCUT2D eigenvalue weighted by molar-refractivity contribution is -0.144. The van der Waals surface area contributed by atoms with Crippen molar-refractivity contribution in [3.05, 3.63) is 47.5 Å². The van der Waals surface area contributed by atoms with Crippen molar-refractivity contribution < 1.29 is 28.6 Å². The predicted molar refractivity (Wildman–Crippen MR) is 109 cm³/mol. The average molecular weight is 430 g/mol. The van der Waals surface area contributed by atoms with Crippen LogP contribution in [0.5, 0.6) is 5.75 Å². The lowest BCUT2D eigenvalue weighted by atomic mass is 9.95. The van der Waals surface area contributed by atoms with Crippen molar-refractivity contribution in [3.63, 3.8) is 0 Å². The van der Waals surface area contributed by atoms with E-state index >= 15 is 0 Å². The molecule has 10 nitrogen and oxygen atoms in total. The number of H-pyrrole nitrogens is 1. The summed E-state index contributed by atoms with van der Waals surface area (Å²) in [5, 5.41) is 2.70. The highest BCUT2D eigenvalue weighted by atomic mass is 16.5. The third-order valence-corrected chi connectivity index (χ3v) is 5.27. The van der Waals surface area contributed by atoms with Crippen molar-refractivity contribution in [1.82, 2.24) is 20.2 Å². The smallest absolute Gasteiger partial charge is 0.328 e. The molecular weight excluding hydrogens is 404 g/mol. The number of hydrogen-bond donors (Lipinski definition) is 2. The number of fused-ring (bicyclic) bond motifs is 1. The number of imidazole rings is 1. The predicted octanol–water partition coefficient (Wildman–Crippen LogP) is 1.57. The van der Waals surface area contributed by atoms with Crippen molar-refractivity contribution in [2.75, 3.05) is 27.9 Å². The van der Waals surface area contributed by atoms with Crippen molar-refractivity contribution in [3.8, 4) is 5.75 Å². The summed E-state index contributed by atoms with van der Waals surface area (Å²) in [4.78, 5) is 46.1. The van der Waals surface area contributed by atoms with E-state index in [9.17, 15) is 14.4 Å². The lowest BCUT2D eigenvalue weighted by Gasteiger charge is -2.36. The Morgan fingerprint density at radius 2 is 2.00 bits per heavy atom. The van der Waals surface area contributed by atoms with Crippen molar-refractivity contribution in [1.29, 1.82) is 0 Å². The molecule has 10 heteroatoms. The van der Waals surface area contributed by atoms with Gasteiger partial charge in [-0.2, -0.15) is 0 Å². The molecule has 2 amide bonds. The minimum absolute atomic E-state index is 0.0317. The van der Waals surface area contributed by atoms with Crippen LogP contribution in [0.4, 0.5) is 4.79 Å². The summed E-state index contributed by atoms with van der Waals surface area (Å²) in [5.41, 5.74) is 2.43. The minimum Gasteiger partial charge on any atom is -0.496 e. The molecule has 2 atom stereocenters. The van der Waals surface area contributed by atoms with Crippen LogP contribution in [-0.2, 0) is 25.5 Å². The Labute approximate surface area is 179 Å². The van der Waals surface area contributed by atoms with Gasteiger partial charge in [0.25, 0.3) is 0 Å². The molecule has 31 heavy (non-hydrogen) atoms. The van der Waals surface area contributed by atoms with E-state index in [-0.39, 0.29) is 12.8 Å². The molecule has 2 heterocycles. The first-order valence-corrected chi connectivity index (χ1v) is 9.87. The fourth-order valence-corrected chi connectivity index (χ4v) is 3.69. The molecule has 0 bridgehead atoms. The van der Waals surface area contributed by atoms with Gasteiger partial charge in [-0.05, 0) is 12.5 Å². The molecule has 0 unspecified atom stereocenters. The molecule has 0 fully saturated rings. The van der Waals surface area contributed by atoms with E-state index in [4.69, 9.17) is 9.47 Å². The van der Waals surface area contributed by atoms with Gasteiger partial charge in [0.15, 0.2) is 0 Å². The number of nitrogens with one attached hydrogen (secondary N) is 2. The van der Waals surface area contributed by atoms with Gasteiger partial charge in [-0.3, -0.25) is 4.79 Å². The van der Waals surface area contributed by atoms with E-state index in [1.807, 2.05) is 24.3 Å². The summed E-state index contributed by atoms with van der Waals surface area (Å²) >= 11 is 0. The van der Waals surface area contributed by atoms with Gasteiger partial charge >= 0.3 is 18.0 Å². The summed E-state index contributed by atoms with van der Waals surface area (Å²) in [6, 6.07) is 5.44. The van der Waals surface area contributed by atoms with Crippen LogP contribution < -0.4 is 10.1 Å². The van der Waals surface area contributed by atoms with Crippen LogP contribution >= 0.6 is 0 Å². The second-order valence-electron chi connectivity index (χ2n) is 6.99. The number of nitrogens with zero attached hydrogens (tertiary/aromatic N) is 2. The largest absolute Gasteiger partial charge is 0.496 e. The van der Waals surface area contributed by atoms with Crippen LogP contribution in [0, 0.1) is 0 Å². The second kappa shape index (κ2) is 9.96. The number of esters is 2. The SMILES string of the molecule is COC(=O)CC[C@@H](NC(=O)N1CCc2[nH]cnc2[C@@H]1c1ccccc1OC)C(=O)OC. The Balaban J connectivity index is 1.88. The van der Waals surface area contributed by atoms with Crippen LogP contribution in [0.1, 0.15) is 35.8 Å². The first kappa shape index (κ1) is 22.1. The topological polar surface area (TPSA) is 123 Å². The second-order valence-corrected chi connectivity index (χ2v) is 6.99. The maximum absolute atomic E-state index is 13.3. The summed E-state index contributed by atoms with van der Waals surface area (Å²) in [5.74, 6) is -0.492. The molecule has 1 aliphatic heterocycles. The Morgan fingerprint density at radius 1 is 1.23 bits per heavy atom. The molecule has 1 aromatic carbocycles. The number of carbonyl (C=O) groups excluding carboxylic acids is 3. The molecular formula is C21H26N4O6. The first-order chi connectivity index (χ1) is 15.0. The van der Waals surface area contributed by atoms with E-state index in [1.165, 1.54) is 14.2 Å². The zero-order valence-electron chi connectivity index (χ0n) is 17.7. The number of methoxy groups -OCH3 is 3. The quantitative estimate of drug-likeness (QED) is 0.639. The third kappa shape index (κ3) is 4.79. The van der Waals surface area contributed by atoms with E-state index < -0.39 is 30.1 Å². The lowest BCUT2D eigenvalue weighted by Crippen LogP contribution is -2.51. The number of rotatable bonds is 7. The molecule has 1 aromatic heterocycles. The maximum atomic E-state index is 13.3. The number of amides is 2. The van der Waals surface area contributed by atoms with Gasteiger partial charge in [-0.1, -0.05) is 18.2 Å². The van der Waals surface area contributed by atoms with Gasteiger partial charge in [-0.15, -0.1) is 0 Å². The number of aromatic amines is 1. The van der Waals surface area contributed by atoms with Gasteiger partial charge in [0.2, 0.25) is 0 Å². The van der Waals surface area contributed by atoms with Crippen LogP contribution in [0.25, 0.3) is 0 Å². The molecule has 1 aliphatic rings. The van der Waals surface area contributed by atoms with Gasteiger partial charge in [0.05, 0.1) is 33.4 Å². The van der Waals surface area contributed by atoms with Crippen LogP contribution in [0.15, 0.2) is 30.6 Å². The summed E-state index contributed by atoms with van der Waals surface area (Å²) in [6.45, 7) is 0.397. The van der Waals surface area contributed by atoms with Crippen molar-refractivity contribution in [2.24, 2.45) is 0 Å². The molecule has 0 radical (unpaired) electrons. The summed E-state index contributed by atoms with van der Waals surface area (Å²) in [6.07, 6.45) is 2.21. The summed E-state index contributed by atoms with van der Waals surface area (Å²) in [7, 11) is 4.06. The fraction of sp³-hybridized carbons (Fsp3) is 0.429. The first-order valence-electron chi connectivity index (χ1n) is 9.87. The van der Waals surface area contributed by atoms with Crippen molar-refractivity contribution >= 4 is 18.0 Å². The summed E-state index contributed by atoms with van der Waals surface area (Å²) < 4.78 is 14.9. The highest BCUT2D eigenvalue weighted by Gasteiger charge is 2.37. The van der Waals surface area contributed by atoms with Crippen LogP contribution in [-0.4, -0.2) is 66.8 Å². The highest BCUT2D eigenvalue weighted by molar-refractivity contribution is 5.84. The molecule has 0 spiro atoms. The molecule has 2 N–H and O–H groups in total. The number of aromatic nitrogens is 2. The van der Waals surface area contributed by atoms with E-state index in [0.29, 0.717) is 18.7 Å². The number of benzene rings is 1. The Bertz CT molecular complexity index is 943. The van der Waals surface area contributed by atoms with Gasteiger partial charge < -0.3 is 29.4 Å². The molecule has 0 saturated carbocycles.